The minimum absolute atomic E-state index is 0.595. The molecule has 22 heavy (non-hydrogen) atoms. The van der Waals surface area contributed by atoms with Crippen LogP contribution in [0.5, 0.6) is 0 Å². The molecular formula is C21H23N. The number of benzene rings is 2. The molecule has 1 aromatic heterocycles. The predicted octanol–water partition coefficient (Wildman–Crippen LogP) is 5.72. The van der Waals surface area contributed by atoms with Crippen LogP contribution in [0.15, 0.2) is 48.5 Å². The van der Waals surface area contributed by atoms with E-state index in [0.717, 1.165) is 11.9 Å². The molecule has 0 atom stereocenters. The number of rotatable bonds is 3. The van der Waals surface area contributed by atoms with Crippen LogP contribution >= 0.6 is 0 Å². The lowest BCUT2D eigenvalue weighted by molar-refractivity contribution is 0.638. The summed E-state index contributed by atoms with van der Waals surface area (Å²) in [6.07, 6.45) is 1.01. The molecule has 0 unspecified atom stereocenters. The van der Waals surface area contributed by atoms with Crippen molar-refractivity contribution in [3.63, 3.8) is 0 Å². The predicted molar refractivity (Wildman–Crippen MR) is 95.2 cm³/mol. The Bertz CT molecular complexity index is 815. The first-order chi connectivity index (χ1) is 10.6. The molecule has 112 valence electrons. The Morgan fingerprint density at radius 1 is 0.909 bits per heavy atom. The van der Waals surface area contributed by atoms with Gasteiger partial charge in [0, 0.05) is 16.6 Å². The molecule has 1 heterocycles. The molecule has 3 rings (SSSR count). The molecule has 0 aliphatic heterocycles. The first-order valence-electron chi connectivity index (χ1n) is 8.01. The second-order valence-electron chi connectivity index (χ2n) is 6.52. The first-order valence-corrected chi connectivity index (χ1v) is 8.01. The number of hydrogen-bond acceptors (Lipinski definition) is 1. The fraction of sp³-hybridized carbons (Fsp3) is 0.286. The van der Waals surface area contributed by atoms with Gasteiger partial charge in [0.05, 0.1) is 5.52 Å². The number of pyridine rings is 1. The molecule has 1 nitrogen and oxygen atoms in total. The fourth-order valence-electron chi connectivity index (χ4n) is 2.97. The minimum Gasteiger partial charge on any atom is -0.252 e. The van der Waals surface area contributed by atoms with Gasteiger partial charge in [-0.15, -0.1) is 0 Å². The normalized spacial score (nSPS) is 11.3. The van der Waals surface area contributed by atoms with Gasteiger partial charge < -0.3 is 0 Å². The number of hydrogen-bond donors (Lipinski definition) is 0. The first kappa shape index (κ1) is 14.8. The highest BCUT2D eigenvalue weighted by molar-refractivity contribution is 5.85. The van der Waals surface area contributed by atoms with Crippen molar-refractivity contribution in [2.75, 3.05) is 0 Å². The van der Waals surface area contributed by atoms with Gasteiger partial charge in [0.25, 0.3) is 0 Å². The van der Waals surface area contributed by atoms with Crippen LogP contribution in [0.3, 0.4) is 0 Å². The van der Waals surface area contributed by atoms with Crippen molar-refractivity contribution in [3.8, 4) is 11.1 Å². The maximum Gasteiger partial charge on any atom is 0.0705 e. The standard InChI is InChI=1S/C21H23N/c1-14(2)12-21-19(18-10-7-8-15(3)16(18)4)13-17-9-5-6-11-20(17)22-21/h5-11,13-14H,12H2,1-4H3. The van der Waals surface area contributed by atoms with E-state index in [9.17, 15) is 0 Å². The third-order valence-corrected chi connectivity index (χ3v) is 4.30. The maximum absolute atomic E-state index is 4.96. The Morgan fingerprint density at radius 3 is 2.45 bits per heavy atom. The summed E-state index contributed by atoms with van der Waals surface area (Å²) in [5.41, 5.74) is 7.59. The molecule has 0 amide bonds. The maximum atomic E-state index is 4.96. The zero-order valence-corrected chi connectivity index (χ0v) is 13.9. The third-order valence-electron chi connectivity index (χ3n) is 4.30. The SMILES string of the molecule is Cc1cccc(-c2cc3ccccc3nc2CC(C)C)c1C. The lowest BCUT2D eigenvalue weighted by Crippen LogP contribution is -2.02. The summed E-state index contributed by atoms with van der Waals surface area (Å²) in [4.78, 5) is 4.96. The molecule has 3 aromatic rings. The summed E-state index contributed by atoms with van der Waals surface area (Å²) in [5.74, 6) is 0.595. The lowest BCUT2D eigenvalue weighted by Gasteiger charge is -2.15. The number of para-hydroxylation sites is 1. The van der Waals surface area contributed by atoms with E-state index in [-0.39, 0.29) is 0 Å². The average molecular weight is 289 g/mol. The molecule has 0 saturated carbocycles. The second-order valence-corrected chi connectivity index (χ2v) is 6.52. The van der Waals surface area contributed by atoms with Crippen molar-refractivity contribution >= 4 is 10.9 Å². The highest BCUT2D eigenvalue weighted by atomic mass is 14.7. The molecule has 0 spiro atoms. The quantitative estimate of drug-likeness (QED) is 0.601. The largest absolute Gasteiger partial charge is 0.252 e. The van der Waals surface area contributed by atoms with E-state index in [1.165, 1.54) is 33.3 Å². The van der Waals surface area contributed by atoms with Crippen molar-refractivity contribution in [1.82, 2.24) is 4.98 Å². The van der Waals surface area contributed by atoms with Crippen LogP contribution in [0.25, 0.3) is 22.0 Å². The van der Waals surface area contributed by atoms with E-state index in [4.69, 9.17) is 4.98 Å². The Kier molecular flexibility index (Phi) is 3.98. The molecule has 0 aliphatic rings. The average Bonchev–Trinajstić information content (AvgIpc) is 2.49. The Labute approximate surface area is 133 Å². The van der Waals surface area contributed by atoms with Gasteiger partial charge in [-0.05, 0) is 55.0 Å². The van der Waals surface area contributed by atoms with E-state index in [1.807, 2.05) is 0 Å². The van der Waals surface area contributed by atoms with E-state index < -0.39 is 0 Å². The molecule has 0 saturated heterocycles. The molecule has 2 aromatic carbocycles. The summed E-state index contributed by atoms with van der Waals surface area (Å²) in [6, 6.07) is 17.2. The number of fused-ring (bicyclic) bond motifs is 1. The minimum atomic E-state index is 0.595. The van der Waals surface area contributed by atoms with Crippen LogP contribution in [0, 0.1) is 19.8 Å². The highest BCUT2D eigenvalue weighted by Gasteiger charge is 2.13. The van der Waals surface area contributed by atoms with E-state index in [2.05, 4.69) is 76.2 Å². The molecule has 0 aliphatic carbocycles. The summed E-state index contributed by atoms with van der Waals surface area (Å²) in [5, 5.41) is 1.21. The molecule has 0 N–H and O–H groups in total. The number of nitrogens with zero attached hydrogens (tertiary/aromatic N) is 1. The molecule has 0 fully saturated rings. The van der Waals surface area contributed by atoms with Crippen molar-refractivity contribution in [2.45, 2.75) is 34.1 Å². The van der Waals surface area contributed by atoms with Crippen LogP contribution < -0.4 is 0 Å². The van der Waals surface area contributed by atoms with Gasteiger partial charge in [0.15, 0.2) is 0 Å². The zero-order valence-electron chi connectivity index (χ0n) is 13.9. The smallest absolute Gasteiger partial charge is 0.0705 e. The third kappa shape index (κ3) is 2.76. The van der Waals surface area contributed by atoms with Gasteiger partial charge in [0.2, 0.25) is 0 Å². The second kappa shape index (κ2) is 5.92. The Balaban J connectivity index is 2.27. The summed E-state index contributed by atoms with van der Waals surface area (Å²) < 4.78 is 0. The summed E-state index contributed by atoms with van der Waals surface area (Å²) >= 11 is 0. The van der Waals surface area contributed by atoms with E-state index in [0.29, 0.717) is 5.92 Å². The molecule has 0 bridgehead atoms. The molecule has 1 heteroatoms. The lowest BCUT2D eigenvalue weighted by atomic mass is 9.92. The zero-order chi connectivity index (χ0) is 15.7. The van der Waals surface area contributed by atoms with Gasteiger partial charge in [0.1, 0.15) is 0 Å². The van der Waals surface area contributed by atoms with Crippen LogP contribution in [0.4, 0.5) is 0 Å². The fourth-order valence-corrected chi connectivity index (χ4v) is 2.97. The van der Waals surface area contributed by atoms with Crippen molar-refractivity contribution in [2.24, 2.45) is 5.92 Å². The summed E-state index contributed by atoms with van der Waals surface area (Å²) in [6.45, 7) is 8.89. The van der Waals surface area contributed by atoms with Crippen LogP contribution in [0.1, 0.15) is 30.7 Å². The van der Waals surface area contributed by atoms with Crippen LogP contribution in [-0.4, -0.2) is 4.98 Å². The summed E-state index contributed by atoms with van der Waals surface area (Å²) in [7, 11) is 0. The Hall–Kier alpha value is -2.15. The van der Waals surface area contributed by atoms with Gasteiger partial charge in [-0.1, -0.05) is 50.2 Å². The van der Waals surface area contributed by atoms with Gasteiger partial charge in [-0.3, -0.25) is 4.98 Å². The van der Waals surface area contributed by atoms with Crippen molar-refractivity contribution < 1.29 is 0 Å². The van der Waals surface area contributed by atoms with Gasteiger partial charge >= 0.3 is 0 Å². The number of aryl methyl sites for hydroxylation is 1. The van der Waals surface area contributed by atoms with E-state index >= 15 is 0 Å². The van der Waals surface area contributed by atoms with Gasteiger partial charge in [-0.2, -0.15) is 0 Å². The Morgan fingerprint density at radius 2 is 1.68 bits per heavy atom. The van der Waals surface area contributed by atoms with E-state index in [1.54, 1.807) is 0 Å². The van der Waals surface area contributed by atoms with Crippen LogP contribution in [-0.2, 0) is 6.42 Å². The highest BCUT2D eigenvalue weighted by Crippen LogP contribution is 2.31. The number of aromatic nitrogens is 1. The topological polar surface area (TPSA) is 12.9 Å². The van der Waals surface area contributed by atoms with Gasteiger partial charge in [-0.25, -0.2) is 0 Å². The monoisotopic (exact) mass is 289 g/mol. The molecular weight excluding hydrogens is 266 g/mol. The van der Waals surface area contributed by atoms with Crippen LogP contribution in [0.2, 0.25) is 0 Å². The van der Waals surface area contributed by atoms with Crippen molar-refractivity contribution in [1.29, 1.82) is 0 Å². The molecule has 0 radical (unpaired) electrons. The van der Waals surface area contributed by atoms with Crippen molar-refractivity contribution in [3.05, 3.63) is 65.4 Å².